The normalized spacial score (nSPS) is 34.3. The smallest absolute Gasteiger partial charge is 0.318 e. The molecule has 3 unspecified atom stereocenters. The van der Waals surface area contributed by atoms with Gasteiger partial charge in [0.25, 0.3) is 0 Å². The van der Waals surface area contributed by atoms with Gasteiger partial charge < -0.3 is 10.2 Å². The van der Waals surface area contributed by atoms with E-state index in [0.717, 1.165) is 44.1 Å². The zero-order valence-electron chi connectivity index (χ0n) is 11.5. The Bertz CT molecular complexity index is 381. The molecule has 2 amide bonds. The number of terminal acetylenes is 1. The molecule has 3 atom stereocenters. The van der Waals surface area contributed by atoms with Gasteiger partial charge >= 0.3 is 6.03 Å². The Hall–Kier alpha value is -1.21. The summed E-state index contributed by atoms with van der Waals surface area (Å²) in [6.07, 6.45) is 10.9. The van der Waals surface area contributed by atoms with E-state index in [1.807, 2.05) is 4.90 Å². The second-order valence-corrected chi connectivity index (χ2v) is 6.13. The van der Waals surface area contributed by atoms with Crippen molar-refractivity contribution in [1.82, 2.24) is 15.1 Å². The molecule has 0 radical (unpaired) electrons. The fraction of sp³-hybridized carbons (Fsp3) is 0.800. The van der Waals surface area contributed by atoms with E-state index in [0.29, 0.717) is 6.54 Å². The van der Waals surface area contributed by atoms with Gasteiger partial charge in [0.05, 0.1) is 6.54 Å². The Labute approximate surface area is 115 Å². The lowest BCUT2D eigenvalue weighted by Crippen LogP contribution is -2.55. The molecule has 0 aromatic carbocycles. The predicted molar refractivity (Wildman–Crippen MR) is 74.6 cm³/mol. The van der Waals surface area contributed by atoms with Crippen molar-refractivity contribution in [2.45, 2.75) is 31.7 Å². The van der Waals surface area contributed by atoms with Gasteiger partial charge in [-0.1, -0.05) is 12.3 Å². The molecule has 104 valence electrons. The minimum atomic E-state index is -0.00876. The van der Waals surface area contributed by atoms with Crippen LogP contribution in [0.3, 0.4) is 0 Å². The molecule has 0 aromatic heterocycles. The molecule has 3 rings (SSSR count). The van der Waals surface area contributed by atoms with E-state index < -0.39 is 0 Å². The number of nitrogens with one attached hydrogen (secondary N) is 1. The minimum absolute atomic E-state index is 0.00876. The molecular formula is C15H23N3O. The zero-order chi connectivity index (χ0) is 13.2. The van der Waals surface area contributed by atoms with Gasteiger partial charge in [-0.3, -0.25) is 4.90 Å². The number of piperazine rings is 1. The number of hydrogen-bond donors (Lipinski definition) is 1. The standard InChI is InChI=1S/C15H23N3O/c1-2-5-16-15(19)18-8-6-17(7-9-18)14-11-12-3-4-13(14)10-12/h1,12-14H,3-11H2,(H,16,19). The number of carbonyl (C=O) groups is 1. The van der Waals surface area contributed by atoms with Crippen LogP contribution < -0.4 is 5.32 Å². The van der Waals surface area contributed by atoms with Gasteiger partial charge in [-0.25, -0.2) is 4.79 Å². The summed E-state index contributed by atoms with van der Waals surface area (Å²) in [5.41, 5.74) is 0. The average Bonchev–Trinajstić information content (AvgIpc) is 3.07. The maximum absolute atomic E-state index is 11.8. The van der Waals surface area contributed by atoms with Crippen molar-refractivity contribution in [2.75, 3.05) is 32.7 Å². The quantitative estimate of drug-likeness (QED) is 0.757. The number of amides is 2. The van der Waals surface area contributed by atoms with Crippen LogP contribution in [0.5, 0.6) is 0 Å². The van der Waals surface area contributed by atoms with E-state index in [4.69, 9.17) is 6.42 Å². The Balaban J connectivity index is 1.47. The van der Waals surface area contributed by atoms with Crippen molar-refractivity contribution >= 4 is 6.03 Å². The van der Waals surface area contributed by atoms with Gasteiger partial charge in [0.15, 0.2) is 0 Å². The van der Waals surface area contributed by atoms with Crippen LogP contribution in [0.15, 0.2) is 0 Å². The predicted octanol–water partition coefficient (Wildman–Crippen LogP) is 1.14. The molecule has 1 heterocycles. The van der Waals surface area contributed by atoms with Crippen LogP contribution in [0.25, 0.3) is 0 Å². The van der Waals surface area contributed by atoms with E-state index in [2.05, 4.69) is 16.1 Å². The van der Waals surface area contributed by atoms with Crippen molar-refractivity contribution in [2.24, 2.45) is 11.8 Å². The Morgan fingerprint density at radius 1 is 1.21 bits per heavy atom. The second kappa shape index (κ2) is 5.42. The zero-order valence-corrected chi connectivity index (χ0v) is 11.5. The Kier molecular flexibility index (Phi) is 3.65. The summed E-state index contributed by atoms with van der Waals surface area (Å²) in [6.45, 7) is 4.05. The minimum Gasteiger partial charge on any atom is -0.327 e. The molecule has 1 N–H and O–H groups in total. The van der Waals surface area contributed by atoms with Crippen molar-refractivity contribution in [3.8, 4) is 12.3 Å². The molecule has 4 heteroatoms. The first-order chi connectivity index (χ1) is 9.28. The van der Waals surface area contributed by atoms with Crippen LogP contribution in [0.2, 0.25) is 0 Å². The fourth-order valence-corrected chi connectivity index (χ4v) is 4.15. The van der Waals surface area contributed by atoms with Crippen LogP contribution in [0, 0.1) is 24.2 Å². The SMILES string of the molecule is C#CCNC(=O)N1CCN(C2CC3CCC2C3)CC1. The summed E-state index contributed by atoms with van der Waals surface area (Å²) >= 11 is 0. The van der Waals surface area contributed by atoms with Gasteiger partial charge in [0.2, 0.25) is 0 Å². The van der Waals surface area contributed by atoms with Crippen molar-refractivity contribution in [3.05, 3.63) is 0 Å². The molecule has 2 saturated carbocycles. The lowest BCUT2D eigenvalue weighted by atomic mass is 9.93. The molecular weight excluding hydrogens is 238 g/mol. The highest BCUT2D eigenvalue weighted by Gasteiger charge is 2.42. The number of hydrogen-bond acceptors (Lipinski definition) is 2. The van der Waals surface area contributed by atoms with Crippen LogP contribution >= 0.6 is 0 Å². The summed E-state index contributed by atoms with van der Waals surface area (Å²) in [6, 6.07) is 0.792. The van der Waals surface area contributed by atoms with Gasteiger partial charge in [0, 0.05) is 32.2 Å². The topological polar surface area (TPSA) is 35.6 Å². The summed E-state index contributed by atoms with van der Waals surface area (Å²) in [7, 11) is 0. The first kappa shape index (κ1) is 12.8. The summed E-state index contributed by atoms with van der Waals surface area (Å²) in [4.78, 5) is 16.3. The van der Waals surface area contributed by atoms with Crippen molar-refractivity contribution < 1.29 is 4.79 Å². The average molecular weight is 261 g/mol. The van der Waals surface area contributed by atoms with E-state index in [1.165, 1.54) is 25.7 Å². The highest BCUT2D eigenvalue weighted by Crippen LogP contribution is 2.46. The lowest BCUT2D eigenvalue weighted by molar-refractivity contribution is 0.0830. The number of fused-ring (bicyclic) bond motifs is 2. The molecule has 19 heavy (non-hydrogen) atoms. The van der Waals surface area contributed by atoms with E-state index in [9.17, 15) is 4.79 Å². The Morgan fingerprint density at radius 2 is 2.00 bits per heavy atom. The van der Waals surface area contributed by atoms with Crippen molar-refractivity contribution in [1.29, 1.82) is 0 Å². The molecule has 0 aromatic rings. The molecule has 1 saturated heterocycles. The van der Waals surface area contributed by atoms with Crippen LogP contribution in [-0.4, -0.2) is 54.6 Å². The number of urea groups is 1. The maximum Gasteiger partial charge on any atom is 0.318 e. The third kappa shape index (κ3) is 2.57. The molecule has 2 aliphatic carbocycles. The lowest BCUT2D eigenvalue weighted by Gasteiger charge is -2.40. The van der Waals surface area contributed by atoms with Gasteiger partial charge in [-0.15, -0.1) is 6.42 Å². The third-order valence-electron chi connectivity index (χ3n) is 5.11. The van der Waals surface area contributed by atoms with Gasteiger partial charge in [0.1, 0.15) is 0 Å². The first-order valence-corrected chi connectivity index (χ1v) is 7.48. The van der Waals surface area contributed by atoms with Crippen LogP contribution in [0.4, 0.5) is 4.79 Å². The van der Waals surface area contributed by atoms with Crippen LogP contribution in [0.1, 0.15) is 25.7 Å². The number of nitrogens with zero attached hydrogens (tertiary/aromatic N) is 2. The maximum atomic E-state index is 11.8. The molecule has 2 bridgehead atoms. The van der Waals surface area contributed by atoms with E-state index in [1.54, 1.807) is 0 Å². The van der Waals surface area contributed by atoms with E-state index >= 15 is 0 Å². The first-order valence-electron chi connectivity index (χ1n) is 7.48. The van der Waals surface area contributed by atoms with Crippen LogP contribution in [-0.2, 0) is 0 Å². The fourth-order valence-electron chi connectivity index (χ4n) is 4.15. The molecule has 0 spiro atoms. The monoisotopic (exact) mass is 261 g/mol. The third-order valence-corrected chi connectivity index (χ3v) is 5.11. The number of rotatable bonds is 2. The molecule has 1 aliphatic heterocycles. The van der Waals surface area contributed by atoms with Crippen molar-refractivity contribution in [3.63, 3.8) is 0 Å². The largest absolute Gasteiger partial charge is 0.327 e. The summed E-state index contributed by atoms with van der Waals surface area (Å²) < 4.78 is 0. The molecule has 3 fully saturated rings. The Morgan fingerprint density at radius 3 is 2.58 bits per heavy atom. The van der Waals surface area contributed by atoms with Gasteiger partial charge in [-0.05, 0) is 31.1 Å². The second-order valence-electron chi connectivity index (χ2n) is 6.13. The molecule has 4 nitrogen and oxygen atoms in total. The highest BCUT2D eigenvalue weighted by molar-refractivity contribution is 5.74. The highest BCUT2D eigenvalue weighted by atomic mass is 16.2. The summed E-state index contributed by atoms with van der Waals surface area (Å²) in [5, 5.41) is 2.75. The van der Waals surface area contributed by atoms with Gasteiger partial charge in [-0.2, -0.15) is 0 Å². The summed E-state index contributed by atoms with van der Waals surface area (Å²) in [5.74, 6) is 4.37. The molecule has 3 aliphatic rings. The number of carbonyl (C=O) groups excluding carboxylic acids is 1. The van der Waals surface area contributed by atoms with E-state index in [-0.39, 0.29) is 6.03 Å².